The Morgan fingerprint density at radius 2 is 1.79 bits per heavy atom. The molecule has 0 saturated carbocycles. The van der Waals surface area contributed by atoms with Crippen molar-refractivity contribution < 1.29 is 28.4 Å². The molecule has 10 heteroatoms. The van der Waals surface area contributed by atoms with Gasteiger partial charge in [-0.05, 0) is 61.6 Å². The summed E-state index contributed by atoms with van der Waals surface area (Å²) in [6, 6.07) is 3.87. The number of carbonyl (C=O) groups excluding carboxylic acids is 3. The van der Waals surface area contributed by atoms with Crippen molar-refractivity contribution in [1.29, 1.82) is 0 Å². The van der Waals surface area contributed by atoms with E-state index < -0.39 is 17.5 Å². The van der Waals surface area contributed by atoms with Crippen molar-refractivity contribution in [2.75, 3.05) is 13.7 Å². The number of aromatic nitrogens is 2. The second-order valence-electron chi connectivity index (χ2n) is 10.2. The fourth-order valence-electron chi connectivity index (χ4n) is 4.56. The topological polar surface area (TPSA) is 110 Å². The molecule has 4 rings (SSSR count). The third kappa shape index (κ3) is 6.76. The van der Waals surface area contributed by atoms with E-state index in [-0.39, 0.29) is 24.2 Å². The number of hydrogen-bond acceptors (Lipinski definition) is 8. The summed E-state index contributed by atoms with van der Waals surface area (Å²) in [5.74, 6) is -0.697. The van der Waals surface area contributed by atoms with Crippen LogP contribution < -0.4 is 5.32 Å². The molecule has 0 radical (unpaired) electrons. The lowest BCUT2D eigenvalue weighted by Gasteiger charge is -2.23. The number of nitrogens with one attached hydrogen (secondary N) is 1. The van der Waals surface area contributed by atoms with Crippen LogP contribution in [0.5, 0.6) is 0 Å². The van der Waals surface area contributed by atoms with Crippen molar-refractivity contribution in [3.05, 3.63) is 78.4 Å². The summed E-state index contributed by atoms with van der Waals surface area (Å²) in [5.41, 5.74) is 4.34. The maximum atomic E-state index is 12.6. The number of rotatable bonds is 9. The molecule has 0 saturated heterocycles. The predicted molar refractivity (Wildman–Crippen MR) is 164 cm³/mol. The van der Waals surface area contributed by atoms with Gasteiger partial charge in [-0.3, -0.25) is 9.59 Å². The Morgan fingerprint density at radius 3 is 2.48 bits per heavy atom. The molecule has 2 heterocycles. The summed E-state index contributed by atoms with van der Waals surface area (Å²) < 4.78 is 11.6. The van der Waals surface area contributed by atoms with Gasteiger partial charge >= 0.3 is 18.0 Å². The molecule has 218 valence electrons. The molecule has 1 aromatic carbocycles. The first-order valence-corrected chi connectivity index (χ1v) is 14.5. The molecule has 1 aromatic heterocycles. The molecule has 2 aromatic rings. The van der Waals surface area contributed by atoms with Gasteiger partial charge < -0.3 is 9.47 Å². The van der Waals surface area contributed by atoms with Crippen LogP contribution in [0.15, 0.2) is 66.4 Å². The fourth-order valence-corrected chi connectivity index (χ4v) is 5.89. The summed E-state index contributed by atoms with van der Waals surface area (Å²) in [4.78, 5) is 46.4. The fraction of sp³-hybridized carbons (Fsp3) is 0.312. The molecule has 1 aliphatic heterocycles. The van der Waals surface area contributed by atoms with Crippen LogP contribution >= 0.6 is 11.8 Å². The number of esters is 2. The maximum Gasteiger partial charge on any atom is 0.491 e. The van der Waals surface area contributed by atoms with E-state index in [0.717, 1.165) is 44.7 Å². The number of amides is 2. The second kappa shape index (κ2) is 13.1. The highest BCUT2D eigenvalue weighted by Gasteiger charge is 2.37. The Balaban J connectivity index is 1.66. The molecule has 1 unspecified atom stereocenters. The van der Waals surface area contributed by atoms with E-state index in [4.69, 9.17) is 4.74 Å². The molecule has 0 bridgehead atoms. The molecule has 42 heavy (non-hydrogen) atoms. The average molecular weight is 588 g/mol. The molecule has 2 aliphatic rings. The first-order valence-electron chi connectivity index (χ1n) is 13.6. The number of allylic oxidation sites excluding steroid dienone is 6. The van der Waals surface area contributed by atoms with Gasteiger partial charge in [0.1, 0.15) is 0 Å². The van der Waals surface area contributed by atoms with Crippen molar-refractivity contribution in [2.24, 2.45) is 0 Å². The molecule has 1 atom stereocenters. The third-order valence-corrected chi connectivity index (χ3v) is 8.23. The number of hydrogen-bond donors (Lipinski definition) is 1. The Hall–Kier alpha value is -4.31. The smallest absolute Gasteiger partial charge is 0.469 e. The van der Waals surface area contributed by atoms with Crippen LogP contribution in [0.25, 0.3) is 22.3 Å². The van der Waals surface area contributed by atoms with Crippen LogP contribution in [0.2, 0.25) is 0 Å². The Labute approximate surface area is 250 Å². The van der Waals surface area contributed by atoms with Gasteiger partial charge in [0.2, 0.25) is 0 Å². The maximum absolute atomic E-state index is 12.6. The van der Waals surface area contributed by atoms with Crippen molar-refractivity contribution in [3.63, 3.8) is 0 Å². The minimum Gasteiger partial charge on any atom is -0.469 e. The van der Waals surface area contributed by atoms with E-state index in [2.05, 4.69) is 57.6 Å². The van der Waals surface area contributed by atoms with E-state index in [9.17, 15) is 14.4 Å². The van der Waals surface area contributed by atoms with Crippen molar-refractivity contribution in [1.82, 2.24) is 15.3 Å². The van der Waals surface area contributed by atoms with Gasteiger partial charge in [-0.2, -0.15) is 9.37 Å². The highest BCUT2D eigenvalue weighted by molar-refractivity contribution is 8.00. The normalized spacial score (nSPS) is 15.9. The number of thioether (sulfide) groups is 1. The number of ether oxygens (including phenoxy) is 2. The Kier molecular flexibility index (Phi) is 9.57. The van der Waals surface area contributed by atoms with E-state index >= 15 is 0 Å². The number of benzene rings is 1. The van der Waals surface area contributed by atoms with E-state index in [0.29, 0.717) is 12.4 Å². The van der Waals surface area contributed by atoms with Crippen LogP contribution in [0.3, 0.4) is 0 Å². The standard InChI is InChI=1S/C32H34N4O5S/c1-7-33-31(39)36(5)29-20(2)24-16-22(17-25(28(24)42-29)21-12-10-8-9-11-13-21)23-18-34-30(35-19-23)32(3,4)41-27(38)15-14-26(37)40-6/h8-10,12-13,16-19,29H,2,5,7,11,14-15H2,1,3-4,6H3/p+1. The van der Waals surface area contributed by atoms with E-state index in [1.165, 1.54) is 11.7 Å². The predicted octanol–water partition coefficient (Wildman–Crippen LogP) is 5.66. The van der Waals surface area contributed by atoms with Gasteiger partial charge in [0.25, 0.3) is 0 Å². The molecule has 0 fully saturated rings. The summed E-state index contributed by atoms with van der Waals surface area (Å²) in [5, 5.41) is 2.45. The minimum absolute atomic E-state index is 0.0624. The third-order valence-electron chi connectivity index (χ3n) is 6.80. The molecular weight excluding hydrogens is 552 g/mol. The van der Waals surface area contributed by atoms with Gasteiger partial charge in [-0.15, -0.1) is 0 Å². The summed E-state index contributed by atoms with van der Waals surface area (Å²) >= 11 is 1.56. The molecule has 0 spiro atoms. The summed E-state index contributed by atoms with van der Waals surface area (Å²) in [6.45, 7) is 14.1. The van der Waals surface area contributed by atoms with Gasteiger partial charge in [0.05, 0.1) is 33.2 Å². The van der Waals surface area contributed by atoms with Gasteiger partial charge in [-0.25, -0.2) is 15.3 Å². The van der Waals surface area contributed by atoms with Gasteiger partial charge in [0.15, 0.2) is 16.8 Å². The van der Waals surface area contributed by atoms with Crippen LogP contribution in [0.1, 0.15) is 57.0 Å². The number of fused-ring (bicyclic) bond motifs is 1. The lowest BCUT2D eigenvalue weighted by molar-refractivity contribution is -0.419. The molecule has 1 aliphatic carbocycles. The van der Waals surface area contributed by atoms with Crippen LogP contribution in [0.4, 0.5) is 4.79 Å². The number of nitrogens with zero attached hydrogens (tertiary/aromatic N) is 3. The van der Waals surface area contributed by atoms with E-state index in [1.54, 1.807) is 38.0 Å². The number of carbonyl (C=O) groups is 3. The lowest BCUT2D eigenvalue weighted by Crippen LogP contribution is -2.36. The van der Waals surface area contributed by atoms with Crippen LogP contribution in [-0.2, 0) is 24.7 Å². The van der Waals surface area contributed by atoms with Crippen molar-refractivity contribution in [2.45, 2.75) is 55.9 Å². The van der Waals surface area contributed by atoms with Gasteiger partial charge in [0, 0.05) is 28.4 Å². The quantitative estimate of drug-likeness (QED) is 0.227. The zero-order chi connectivity index (χ0) is 30.4. The van der Waals surface area contributed by atoms with Gasteiger partial charge in [-0.1, -0.05) is 48.7 Å². The first kappa shape index (κ1) is 30.6. The minimum atomic E-state index is -1.10. The zero-order valence-corrected chi connectivity index (χ0v) is 25.1. The van der Waals surface area contributed by atoms with Crippen molar-refractivity contribution in [3.8, 4) is 11.1 Å². The zero-order valence-electron chi connectivity index (χ0n) is 24.3. The summed E-state index contributed by atoms with van der Waals surface area (Å²) in [6.07, 6.45) is 14.4. The largest absolute Gasteiger partial charge is 0.491 e. The van der Waals surface area contributed by atoms with Crippen molar-refractivity contribution >= 4 is 47.6 Å². The van der Waals surface area contributed by atoms with Crippen LogP contribution in [-0.4, -0.2) is 58.3 Å². The highest BCUT2D eigenvalue weighted by atomic mass is 32.2. The SMILES string of the molecule is C=C1c2cc(-c3cnc(C(C)(C)OC(=O)CCC(=O)OC)nc3)cc(C3=CCC=CC=C3)c2SC1[N+](=C)C(=O)NCC. The van der Waals surface area contributed by atoms with Crippen LogP contribution in [0, 0.1) is 0 Å². The second-order valence-corrected chi connectivity index (χ2v) is 11.3. The Morgan fingerprint density at radius 1 is 1.10 bits per heavy atom. The van der Waals surface area contributed by atoms with E-state index in [1.807, 2.05) is 25.1 Å². The highest BCUT2D eigenvalue weighted by Crippen LogP contribution is 2.49. The molecule has 1 N–H and O–H groups in total. The molecular formula is C32H35N4O5S+. The molecule has 2 amide bonds. The summed E-state index contributed by atoms with van der Waals surface area (Å²) in [7, 11) is 1.27. The monoisotopic (exact) mass is 587 g/mol. The molecule has 9 nitrogen and oxygen atoms in total. The number of urea groups is 1. The average Bonchev–Trinajstić information content (AvgIpc) is 3.13. The lowest BCUT2D eigenvalue weighted by atomic mass is 9.93. The first-order chi connectivity index (χ1) is 20.1. The Bertz CT molecular complexity index is 1520. The number of methoxy groups -OCH3 is 1.